The summed E-state index contributed by atoms with van der Waals surface area (Å²) < 4.78 is 33.2. The Bertz CT molecular complexity index is 1550. The van der Waals surface area contributed by atoms with Crippen molar-refractivity contribution < 1.29 is 27.5 Å². The average Bonchev–Trinajstić information content (AvgIpc) is 2.94. The van der Waals surface area contributed by atoms with Gasteiger partial charge in [0.2, 0.25) is 10.0 Å². The molecule has 0 aliphatic carbocycles. The molecule has 0 unspecified atom stereocenters. The minimum atomic E-state index is -3.84. The molecule has 8 nitrogen and oxygen atoms in total. The number of rotatable bonds is 9. The first kappa shape index (κ1) is 28.4. The maximum Gasteiger partial charge on any atom is 0.305 e. The van der Waals surface area contributed by atoms with Crippen LogP contribution in [-0.4, -0.2) is 44.6 Å². The van der Waals surface area contributed by atoms with E-state index in [0.29, 0.717) is 12.0 Å². The van der Waals surface area contributed by atoms with E-state index in [-0.39, 0.29) is 41.4 Å². The van der Waals surface area contributed by atoms with Gasteiger partial charge in [-0.15, -0.1) is 0 Å². The topological polar surface area (TPSA) is 110 Å². The zero-order chi connectivity index (χ0) is 28.2. The maximum absolute atomic E-state index is 13.8. The van der Waals surface area contributed by atoms with Crippen LogP contribution in [0.1, 0.15) is 46.8 Å². The lowest BCUT2D eigenvalue weighted by molar-refractivity contribution is -0.140. The lowest BCUT2D eigenvalue weighted by atomic mass is 9.87. The fourth-order valence-electron chi connectivity index (χ4n) is 4.42. The van der Waals surface area contributed by atoms with Crippen molar-refractivity contribution in [1.82, 2.24) is 9.62 Å². The summed E-state index contributed by atoms with van der Waals surface area (Å²) in [7, 11) is -2.57. The van der Waals surface area contributed by atoms with Gasteiger partial charge in [-0.3, -0.25) is 19.3 Å². The third-order valence-corrected chi connectivity index (χ3v) is 8.28. The van der Waals surface area contributed by atoms with E-state index >= 15 is 0 Å². The van der Waals surface area contributed by atoms with Crippen LogP contribution in [0, 0.1) is 0 Å². The number of sulfonamides is 1. The van der Waals surface area contributed by atoms with E-state index in [1.807, 2.05) is 48.5 Å². The van der Waals surface area contributed by atoms with Crippen LogP contribution < -0.4 is 4.72 Å². The predicted molar refractivity (Wildman–Crippen MR) is 150 cm³/mol. The van der Waals surface area contributed by atoms with Crippen LogP contribution in [-0.2, 0) is 30.9 Å². The largest absolute Gasteiger partial charge is 0.469 e. The first-order valence-corrected chi connectivity index (χ1v) is 14.5. The van der Waals surface area contributed by atoms with Gasteiger partial charge >= 0.3 is 5.97 Å². The smallest absolute Gasteiger partial charge is 0.305 e. The Balaban J connectivity index is 1.65. The molecule has 0 atom stereocenters. The Kier molecular flexibility index (Phi) is 8.79. The van der Waals surface area contributed by atoms with Crippen LogP contribution in [0.5, 0.6) is 0 Å². The highest BCUT2D eigenvalue weighted by Gasteiger charge is 2.33. The van der Waals surface area contributed by atoms with Crippen LogP contribution in [0.3, 0.4) is 0 Å². The molecule has 0 spiro atoms. The Morgan fingerprint density at radius 3 is 2.33 bits per heavy atom. The fraction of sp³-hybridized carbons (Fsp3) is 0.207. The monoisotopic (exact) mass is 610 g/mol. The van der Waals surface area contributed by atoms with Crippen LogP contribution in [0.2, 0.25) is 0 Å². The highest BCUT2D eigenvalue weighted by atomic mass is 79.9. The zero-order valence-corrected chi connectivity index (χ0v) is 23.8. The van der Waals surface area contributed by atoms with E-state index in [9.17, 15) is 22.8 Å². The van der Waals surface area contributed by atoms with Crippen molar-refractivity contribution >= 4 is 49.2 Å². The lowest BCUT2D eigenvalue weighted by Crippen LogP contribution is -2.36. The minimum absolute atomic E-state index is 0.0155. The number of hydrogen-bond donors (Lipinski definition) is 1. The van der Waals surface area contributed by atoms with Gasteiger partial charge in [0.05, 0.1) is 24.2 Å². The highest BCUT2D eigenvalue weighted by molar-refractivity contribution is 9.10. The van der Waals surface area contributed by atoms with Gasteiger partial charge in [0.25, 0.3) is 5.91 Å². The van der Waals surface area contributed by atoms with Crippen LogP contribution in [0.15, 0.2) is 87.9 Å². The van der Waals surface area contributed by atoms with Crippen molar-refractivity contribution in [3.05, 3.63) is 105 Å². The molecular formula is C29H27BrN2O6S. The number of amides is 1. The molecule has 0 bridgehead atoms. The molecule has 1 aliphatic rings. The number of ketones is 1. The van der Waals surface area contributed by atoms with Gasteiger partial charge in [0, 0.05) is 35.5 Å². The molecule has 39 heavy (non-hydrogen) atoms. The first-order chi connectivity index (χ1) is 18.6. The average molecular weight is 612 g/mol. The molecule has 0 saturated carbocycles. The van der Waals surface area contributed by atoms with Gasteiger partial charge in [0.15, 0.2) is 5.78 Å². The number of esters is 1. The number of halogens is 1. The molecule has 0 saturated heterocycles. The molecule has 1 heterocycles. The Morgan fingerprint density at radius 2 is 1.69 bits per heavy atom. The number of carbonyl (C=O) groups is 3. The number of nitrogens with one attached hydrogen (secondary N) is 1. The van der Waals surface area contributed by atoms with E-state index in [4.69, 9.17) is 0 Å². The van der Waals surface area contributed by atoms with Gasteiger partial charge in [-0.25, -0.2) is 13.1 Å². The third-order valence-electron chi connectivity index (χ3n) is 6.31. The predicted octanol–water partition coefficient (Wildman–Crippen LogP) is 4.69. The van der Waals surface area contributed by atoms with E-state index in [0.717, 1.165) is 21.2 Å². The summed E-state index contributed by atoms with van der Waals surface area (Å²) in [5.74, 6) is -1.10. The minimum Gasteiger partial charge on any atom is -0.469 e. The van der Waals surface area contributed by atoms with E-state index < -0.39 is 21.9 Å². The summed E-state index contributed by atoms with van der Waals surface area (Å²) in [5, 5.41) is 0. The second-order valence-electron chi connectivity index (χ2n) is 8.94. The molecule has 4 rings (SSSR count). The van der Waals surface area contributed by atoms with Crippen LogP contribution >= 0.6 is 15.9 Å². The fourth-order valence-corrected chi connectivity index (χ4v) is 5.86. The number of allylic oxidation sites excluding steroid dienone is 1. The Hall–Kier alpha value is -3.60. The summed E-state index contributed by atoms with van der Waals surface area (Å²) in [6.45, 7) is 1.69. The molecular weight excluding hydrogens is 584 g/mol. The molecule has 0 fully saturated rings. The molecule has 1 aliphatic heterocycles. The van der Waals surface area contributed by atoms with Crippen molar-refractivity contribution in [1.29, 1.82) is 0 Å². The molecule has 0 radical (unpaired) electrons. The number of hydrogen-bond acceptors (Lipinski definition) is 6. The van der Waals surface area contributed by atoms with Crippen molar-refractivity contribution in [2.45, 2.75) is 31.2 Å². The normalized spacial score (nSPS) is 13.2. The van der Waals surface area contributed by atoms with Gasteiger partial charge < -0.3 is 4.74 Å². The van der Waals surface area contributed by atoms with Crippen LogP contribution in [0.4, 0.5) is 0 Å². The molecule has 3 aromatic carbocycles. The van der Waals surface area contributed by atoms with Crippen molar-refractivity contribution in [3.8, 4) is 0 Å². The van der Waals surface area contributed by atoms with Crippen molar-refractivity contribution in [2.24, 2.45) is 0 Å². The summed E-state index contributed by atoms with van der Waals surface area (Å²) >= 11 is 3.52. The molecule has 202 valence electrons. The number of benzene rings is 3. The second-order valence-corrected chi connectivity index (χ2v) is 11.6. The second kappa shape index (κ2) is 12.1. The van der Waals surface area contributed by atoms with Gasteiger partial charge in [-0.1, -0.05) is 52.3 Å². The lowest BCUT2D eigenvalue weighted by Gasteiger charge is -2.33. The molecule has 3 aromatic rings. The number of Topliss-reactive ketones (excluding diaryl/α,β-unsaturated/α-hetero) is 1. The van der Waals surface area contributed by atoms with Gasteiger partial charge in [0.1, 0.15) is 0 Å². The number of ether oxygens (including phenoxy) is 1. The number of nitrogens with zero attached hydrogens (tertiary/aromatic N) is 1. The van der Waals surface area contributed by atoms with E-state index in [1.165, 1.54) is 43.2 Å². The molecule has 10 heteroatoms. The van der Waals surface area contributed by atoms with Crippen molar-refractivity contribution in [2.75, 3.05) is 13.7 Å². The van der Waals surface area contributed by atoms with Gasteiger partial charge in [-0.05, 0) is 59.5 Å². The molecule has 0 aromatic heterocycles. The Morgan fingerprint density at radius 1 is 1.00 bits per heavy atom. The number of fused-ring (bicyclic) bond motifs is 1. The standard InChI is InChI=1S/C29H27BrN2O6S/c1-19(33)28-27(20-7-4-3-5-8-20)25-17-23(30)13-10-22(25)18-32(28)29(35)21-11-14-24(15-12-21)39(36,37)31-16-6-9-26(34)38-2/h3-5,7-8,10-15,17,31H,6,9,16,18H2,1-2H3. The highest BCUT2D eigenvalue weighted by Crippen LogP contribution is 2.38. The van der Waals surface area contributed by atoms with Crippen LogP contribution in [0.25, 0.3) is 5.57 Å². The summed E-state index contributed by atoms with van der Waals surface area (Å²) in [5.41, 5.74) is 3.73. The van der Waals surface area contributed by atoms with E-state index in [2.05, 4.69) is 25.4 Å². The van der Waals surface area contributed by atoms with E-state index in [1.54, 1.807) is 0 Å². The maximum atomic E-state index is 13.8. The SMILES string of the molecule is COC(=O)CCCNS(=O)(=O)c1ccc(C(=O)N2Cc3ccc(Br)cc3C(c3ccccc3)=C2C(C)=O)cc1. The molecule has 1 amide bonds. The summed E-state index contributed by atoms with van der Waals surface area (Å²) in [6.07, 6.45) is 0.388. The molecule has 1 N–H and O–H groups in total. The third kappa shape index (κ3) is 6.35. The van der Waals surface area contributed by atoms with Crippen molar-refractivity contribution in [3.63, 3.8) is 0 Å². The number of methoxy groups -OCH3 is 1. The Labute approximate surface area is 235 Å². The quantitative estimate of drug-likeness (QED) is 0.278. The number of carbonyl (C=O) groups excluding carboxylic acids is 3. The summed E-state index contributed by atoms with van der Waals surface area (Å²) in [4.78, 5) is 39.4. The first-order valence-electron chi connectivity index (χ1n) is 12.2. The van der Waals surface area contributed by atoms with Gasteiger partial charge in [-0.2, -0.15) is 0 Å². The summed E-state index contributed by atoms with van der Waals surface area (Å²) in [6, 6.07) is 20.7. The zero-order valence-electron chi connectivity index (χ0n) is 21.4.